The molecule has 3 aromatic rings. The Hall–Kier alpha value is -2.86. The van der Waals surface area contributed by atoms with E-state index >= 15 is 0 Å². The Morgan fingerprint density at radius 2 is 2.07 bits per heavy atom. The molecule has 0 aliphatic rings. The van der Waals surface area contributed by atoms with Crippen LogP contribution in [-0.4, -0.2) is 36.0 Å². The van der Waals surface area contributed by atoms with Crippen LogP contribution in [0.4, 0.5) is 4.39 Å². The standard InChI is InChI=1S/C21H20ClFN2O3/c1-25(11-12-27-16-6-4-5-15(22)13-16)21(26)10-9-20-24-14-19(28-20)17-7-2-3-8-18(17)23/h2-8,13-14H,9-12H2,1H3. The molecule has 5 nitrogen and oxygen atoms in total. The molecule has 7 heteroatoms. The van der Waals surface area contributed by atoms with Gasteiger partial charge in [-0.25, -0.2) is 9.37 Å². The van der Waals surface area contributed by atoms with Crippen LogP contribution in [0, 0.1) is 5.82 Å². The lowest BCUT2D eigenvalue weighted by atomic mass is 10.2. The van der Waals surface area contributed by atoms with Crippen molar-refractivity contribution in [1.29, 1.82) is 0 Å². The Morgan fingerprint density at radius 1 is 1.25 bits per heavy atom. The highest BCUT2D eigenvalue weighted by molar-refractivity contribution is 6.30. The maximum Gasteiger partial charge on any atom is 0.222 e. The SMILES string of the molecule is CN(CCOc1cccc(Cl)c1)C(=O)CCc1ncc(-c2ccccc2F)o1. The Labute approximate surface area is 167 Å². The van der Waals surface area contributed by atoms with Crippen LogP contribution in [0.25, 0.3) is 11.3 Å². The number of aromatic nitrogens is 1. The maximum atomic E-state index is 13.8. The second-order valence-electron chi connectivity index (χ2n) is 6.22. The van der Waals surface area contributed by atoms with Gasteiger partial charge in [-0.3, -0.25) is 4.79 Å². The van der Waals surface area contributed by atoms with Gasteiger partial charge in [-0.2, -0.15) is 0 Å². The van der Waals surface area contributed by atoms with Crippen molar-refractivity contribution in [2.24, 2.45) is 0 Å². The molecular weight excluding hydrogens is 383 g/mol. The van der Waals surface area contributed by atoms with E-state index in [9.17, 15) is 9.18 Å². The molecule has 0 saturated carbocycles. The first-order chi connectivity index (χ1) is 13.5. The Balaban J connectivity index is 1.45. The molecular formula is C21H20ClFN2O3. The highest BCUT2D eigenvalue weighted by Crippen LogP contribution is 2.23. The lowest BCUT2D eigenvalue weighted by Gasteiger charge is -2.17. The van der Waals surface area contributed by atoms with Gasteiger partial charge in [0, 0.05) is 24.9 Å². The number of oxazole rings is 1. The summed E-state index contributed by atoms with van der Waals surface area (Å²) in [7, 11) is 1.71. The van der Waals surface area contributed by atoms with Crippen molar-refractivity contribution in [3.63, 3.8) is 0 Å². The fourth-order valence-corrected chi connectivity index (χ4v) is 2.78. The molecule has 0 aliphatic heterocycles. The number of nitrogens with zero attached hydrogens (tertiary/aromatic N) is 2. The van der Waals surface area contributed by atoms with Crippen molar-refractivity contribution in [3.8, 4) is 17.1 Å². The third-order valence-electron chi connectivity index (χ3n) is 4.16. The molecule has 28 heavy (non-hydrogen) atoms. The van der Waals surface area contributed by atoms with Crippen molar-refractivity contribution < 1.29 is 18.3 Å². The van der Waals surface area contributed by atoms with Crippen molar-refractivity contribution in [1.82, 2.24) is 9.88 Å². The van der Waals surface area contributed by atoms with Crippen LogP contribution < -0.4 is 4.74 Å². The highest BCUT2D eigenvalue weighted by Gasteiger charge is 2.14. The van der Waals surface area contributed by atoms with Gasteiger partial charge in [-0.15, -0.1) is 0 Å². The zero-order valence-corrected chi connectivity index (χ0v) is 16.2. The number of aryl methyl sites for hydroxylation is 1. The van der Waals surface area contributed by atoms with Gasteiger partial charge in [0.1, 0.15) is 18.2 Å². The smallest absolute Gasteiger partial charge is 0.222 e. The molecule has 1 aromatic heterocycles. The van der Waals surface area contributed by atoms with Crippen LogP contribution in [-0.2, 0) is 11.2 Å². The number of likely N-dealkylation sites (N-methyl/N-ethyl adjacent to an activating group) is 1. The summed E-state index contributed by atoms with van der Waals surface area (Å²) in [4.78, 5) is 18.0. The van der Waals surface area contributed by atoms with Gasteiger partial charge in [-0.1, -0.05) is 29.8 Å². The minimum absolute atomic E-state index is 0.0552. The van der Waals surface area contributed by atoms with E-state index in [0.29, 0.717) is 47.6 Å². The molecule has 0 radical (unpaired) electrons. The van der Waals surface area contributed by atoms with Gasteiger partial charge in [0.15, 0.2) is 11.7 Å². The van der Waals surface area contributed by atoms with Crippen molar-refractivity contribution >= 4 is 17.5 Å². The van der Waals surface area contributed by atoms with E-state index in [4.69, 9.17) is 20.8 Å². The first kappa shape index (κ1) is 19.9. The summed E-state index contributed by atoms with van der Waals surface area (Å²) in [6, 6.07) is 13.4. The summed E-state index contributed by atoms with van der Waals surface area (Å²) in [5, 5.41) is 0.600. The van der Waals surface area contributed by atoms with Crippen molar-refractivity contribution in [2.45, 2.75) is 12.8 Å². The monoisotopic (exact) mass is 402 g/mol. The molecule has 0 saturated heterocycles. The van der Waals surface area contributed by atoms with Crippen molar-refractivity contribution in [3.05, 3.63) is 71.5 Å². The second kappa shape index (κ2) is 9.37. The minimum atomic E-state index is -0.374. The average molecular weight is 403 g/mol. The number of amides is 1. The minimum Gasteiger partial charge on any atom is -0.492 e. The largest absolute Gasteiger partial charge is 0.492 e. The summed E-state index contributed by atoms with van der Waals surface area (Å²) >= 11 is 5.91. The van der Waals surface area contributed by atoms with Crippen LogP contribution in [0.2, 0.25) is 5.02 Å². The molecule has 3 rings (SSSR count). The van der Waals surface area contributed by atoms with E-state index < -0.39 is 0 Å². The van der Waals surface area contributed by atoms with Crippen LogP contribution in [0.3, 0.4) is 0 Å². The topological polar surface area (TPSA) is 55.6 Å². The van der Waals surface area contributed by atoms with Gasteiger partial charge < -0.3 is 14.1 Å². The highest BCUT2D eigenvalue weighted by atomic mass is 35.5. The number of hydrogen-bond acceptors (Lipinski definition) is 4. The lowest BCUT2D eigenvalue weighted by molar-refractivity contribution is -0.130. The molecule has 0 spiro atoms. The Kier molecular flexibility index (Phi) is 6.66. The molecule has 0 fully saturated rings. The normalized spacial score (nSPS) is 10.7. The molecule has 0 unspecified atom stereocenters. The molecule has 0 bridgehead atoms. The van der Waals surface area contributed by atoms with Crippen LogP contribution in [0.15, 0.2) is 59.1 Å². The first-order valence-corrected chi connectivity index (χ1v) is 9.22. The first-order valence-electron chi connectivity index (χ1n) is 8.85. The number of rotatable bonds is 8. The second-order valence-corrected chi connectivity index (χ2v) is 6.66. The lowest BCUT2D eigenvalue weighted by Crippen LogP contribution is -2.31. The number of carbonyl (C=O) groups is 1. The zero-order chi connectivity index (χ0) is 19.9. The van der Waals surface area contributed by atoms with Gasteiger partial charge in [0.2, 0.25) is 5.91 Å². The molecule has 1 heterocycles. The molecule has 0 aliphatic carbocycles. The van der Waals surface area contributed by atoms with E-state index in [1.807, 2.05) is 6.07 Å². The number of ether oxygens (including phenoxy) is 1. The number of hydrogen-bond donors (Lipinski definition) is 0. The molecule has 0 N–H and O–H groups in total. The molecule has 2 aromatic carbocycles. The predicted molar refractivity (Wildman–Crippen MR) is 105 cm³/mol. The molecule has 1 amide bonds. The summed E-state index contributed by atoms with van der Waals surface area (Å²) in [6.07, 6.45) is 2.05. The molecule has 146 valence electrons. The fraction of sp³-hybridized carbons (Fsp3) is 0.238. The predicted octanol–water partition coefficient (Wildman–Crippen LogP) is 4.60. The summed E-state index contributed by atoms with van der Waals surface area (Å²) < 4.78 is 25.0. The van der Waals surface area contributed by atoms with Crippen LogP contribution in [0.1, 0.15) is 12.3 Å². The number of benzene rings is 2. The number of carbonyl (C=O) groups excluding carboxylic acids is 1. The van der Waals surface area contributed by atoms with E-state index in [1.54, 1.807) is 48.3 Å². The number of halogens is 2. The van der Waals surface area contributed by atoms with Gasteiger partial charge in [0.25, 0.3) is 0 Å². The van der Waals surface area contributed by atoms with Crippen molar-refractivity contribution in [2.75, 3.05) is 20.2 Å². The van der Waals surface area contributed by atoms with Crippen LogP contribution >= 0.6 is 11.6 Å². The van der Waals surface area contributed by atoms with E-state index in [1.165, 1.54) is 12.3 Å². The molecule has 0 atom stereocenters. The van der Waals surface area contributed by atoms with Gasteiger partial charge in [0.05, 0.1) is 18.3 Å². The third-order valence-corrected chi connectivity index (χ3v) is 4.40. The Morgan fingerprint density at radius 3 is 2.86 bits per heavy atom. The third kappa shape index (κ3) is 5.33. The van der Waals surface area contributed by atoms with Gasteiger partial charge in [-0.05, 0) is 30.3 Å². The van der Waals surface area contributed by atoms with Crippen LogP contribution in [0.5, 0.6) is 5.75 Å². The summed E-state index contributed by atoms with van der Waals surface area (Å²) in [5.41, 5.74) is 0.350. The average Bonchev–Trinajstić information content (AvgIpc) is 3.15. The van der Waals surface area contributed by atoms with E-state index in [0.717, 1.165) is 0 Å². The summed E-state index contributed by atoms with van der Waals surface area (Å²) in [5.74, 6) is 0.980. The van der Waals surface area contributed by atoms with Gasteiger partial charge >= 0.3 is 0 Å². The fourth-order valence-electron chi connectivity index (χ4n) is 2.60. The summed E-state index contributed by atoms with van der Waals surface area (Å²) in [6.45, 7) is 0.802. The maximum absolute atomic E-state index is 13.8. The van der Waals surface area contributed by atoms with E-state index in [2.05, 4.69) is 4.98 Å². The quantitative estimate of drug-likeness (QED) is 0.552. The van der Waals surface area contributed by atoms with E-state index in [-0.39, 0.29) is 18.1 Å². The zero-order valence-electron chi connectivity index (χ0n) is 15.4. The Bertz CT molecular complexity index is 945.